The summed E-state index contributed by atoms with van der Waals surface area (Å²) in [6.45, 7) is 4.46. The molecule has 19 heavy (non-hydrogen) atoms. The lowest BCUT2D eigenvalue weighted by Gasteiger charge is -2.20. The van der Waals surface area contributed by atoms with Crippen molar-refractivity contribution in [2.24, 2.45) is 5.92 Å². The lowest BCUT2D eigenvalue weighted by atomic mass is 10.1. The van der Waals surface area contributed by atoms with Crippen LogP contribution in [0.2, 0.25) is 0 Å². The van der Waals surface area contributed by atoms with Crippen LogP contribution >= 0.6 is 0 Å². The summed E-state index contributed by atoms with van der Waals surface area (Å²) in [4.78, 5) is 0. The average molecular weight is 277 g/mol. The van der Waals surface area contributed by atoms with E-state index in [0.717, 1.165) is 5.56 Å². The van der Waals surface area contributed by atoms with Crippen LogP contribution in [0.3, 0.4) is 0 Å². The van der Waals surface area contributed by atoms with Gasteiger partial charge >= 0.3 is 6.36 Å². The van der Waals surface area contributed by atoms with E-state index in [1.807, 2.05) is 13.8 Å². The number of benzene rings is 1. The first-order chi connectivity index (χ1) is 8.81. The second kappa shape index (κ2) is 6.77. The summed E-state index contributed by atoms with van der Waals surface area (Å²) >= 11 is 0. The van der Waals surface area contributed by atoms with Gasteiger partial charge in [-0.1, -0.05) is 26.0 Å². The lowest BCUT2D eigenvalue weighted by Crippen LogP contribution is -2.36. The van der Waals surface area contributed by atoms with Crippen molar-refractivity contribution in [1.29, 1.82) is 0 Å². The molecule has 2 N–H and O–H groups in total. The third kappa shape index (κ3) is 5.94. The van der Waals surface area contributed by atoms with Gasteiger partial charge < -0.3 is 15.2 Å². The van der Waals surface area contributed by atoms with Gasteiger partial charge in [-0.15, -0.1) is 13.2 Å². The van der Waals surface area contributed by atoms with Crippen LogP contribution in [-0.2, 0) is 6.54 Å². The SMILES string of the molecule is CC(C)C(CO)NCc1ccc(OC(F)(F)F)cc1. The van der Waals surface area contributed by atoms with Crippen molar-refractivity contribution in [1.82, 2.24) is 5.32 Å². The summed E-state index contributed by atoms with van der Waals surface area (Å²) in [5.41, 5.74) is 0.827. The smallest absolute Gasteiger partial charge is 0.406 e. The first-order valence-corrected chi connectivity index (χ1v) is 6.00. The Bertz CT molecular complexity index is 376. The fraction of sp³-hybridized carbons (Fsp3) is 0.538. The normalized spacial score (nSPS) is 13.6. The van der Waals surface area contributed by atoms with Gasteiger partial charge in [-0.3, -0.25) is 0 Å². The van der Waals surface area contributed by atoms with E-state index in [1.165, 1.54) is 12.1 Å². The summed E-state index contributed by atoms with van der Waals surface area (Å²) in [6, 6.07) is 5.62. The highest BCUT2D eigenvalue weighted by molar-refractivity contribution is 5.27. The van der Waals surface area contributed by atoms with Crippen LogP contribution in [0.1, 0.15) is 19.4 Å². The van der Waals surface area contributed by atoms with Crippen LogP contribution in [0, 0.1) is 5.92 Å². The molecule has 0 aliphatic heterocycles. The number of ether oxygens (including phenoxy) is 1. The molecule has 1 atom stereocenters. The van der Waals surface area contributed by atoms with E-state index >= 15 is 0 Å². The minimum atomic E-state index is -4.67. The van der Waals surface area contributed by atoms with Crippen LogP contribution in [0.15, 0.2) is 24.3 Å². The Labute approximate surface area is 110 Å². The van der Waals surface area contributed by atoms with Gasteiger partial charge in [-0.05, 0) is 23.6 Å². The van der Waals surface area contributed by atoms with Gasteiger partial charge in [0.1, 0.15) is 5.75 Å². The maximum absolute atomic E-state index is 12.0. The van der Waals surface area contributed by atoms with E-state index in [0.29, 0.717) is 6.54 Å². The average Bonchev–Trinajstić information content (AvgIpc) is 2.29. The highest BCUT2D eigenvalue weighted by Crippen LogP contribution is 2.22. The van der Waals surface area contributed by atoms with E-state index in [4.69, 9.17) is 5.11 Å². The number of hydrogen-bond acceptors (Lipinski definition) is 3. The third-order valence-electron chi connectivity index (χ3n) is 2.73. The molecule has 0 aromatic heterocycles. The van der Waals surface area contributed by atoms with Gasteiger partial charge in [0.05, 0.1) is 6.61 Å². The number of nitrogens with one attached hydrogen (secondary N) is 1. The molecule has 108 valence electrons. The van der Waals surface area contributed by atoms with Gasteiger partial charge in [0.25, 0.3) is 0 Å². The number of alkyl halides is 3. The van der Waals surface area contributed by atoms with Crippen LogP contribution in [0.4, 0.5) is 13.2 Å². The Morgan fingerprint density at radius 3 is 2.21 bits per heavy atom. The van der Waals surface area contributed by atoms with Gasteiger partial charge in [0, 0.05) is 12.6 Å². The molecular weight excluding hydrogens is 259 g/mol. The number of halogens is 3. The molecule has 1 aromatic rings. The second-order valence-electron chi connectivity index (χ2n) is 4.61. The molecule has 1 rings (SSSR count). The van der Waals surface area contributed by atoms with Crippen molar-refractivity contribution in [3.05, 3.63) is 29.8 Å². The van der Waals surface area contributed by atoms with E-state index in [1.54, 1.807) is 12.1 Å². The molecule has 0 aliphatic carbocycles. The van der Waals surface area contributed by atoms with Crippen LogP contribution < -0.4 is 10.1 Å². The lowest BCUT2D eigenvalue weighted by molar-refractivity contribution is -0.274. The molecule has 0 saturated carbocycles. The van der Waals surface area contributed by atoms with Crippen molar-refractivity contribution in [2.75, 3.05) is 6.61 Å². The Balaban J connectivity index is 2.53. The molecular formula is C13H18F3NO2. The molecule has 0 saturated heterocycles. The van der Waals surface area contributed by atoms with Crippen LogP contribution in [-0.4, -0.2) is 24.1 Å². The Morgan fingerprint density at radius 1 is 1.21 bits per heavy atom. The highest BCUT2D eigenvalue weighted by Gasteiger charge is 2.30. The minimum Gasteiger partial charge on any atom is -0.406 e. The molecule has 3 nitrogen and oxygen atoms in total. The molecule has 0 heterocycles. The predicted molar refractivity (Wildman–Crippen MR) is 65.7 cm³/mol. The van der Waals surface area contributed by atoms with E-state index < -0.39 is 6.36 Å². The van der Waals surface area contributed by atoms with Gasteiger partial charge in [-0.25, -0.2) is 0 Å². The van der Waals surface area contributed by atoms with Crippen molar-refractivity contribution in [3.8, 4) is 5.75 Å². The van der Waals surface area contributed by atoms with Crippen LogP contribution in [0.25, 0.3) is 0 Å². The summed E-state index contributed by atoms with van der Waals surface area (Å²) in [5, 5.41) is 12.3. The number of aliphatic hydroxyl groups excluding tert-OH is 1. The molecule has 0 spiro atoms. The molecule has 0 bridgehead atoms. The fourth-order valence-corrected chi connectivity index (χ4v) is 1.57. The maximum Gasteiger partial charge on any atom is 0.573 e. The van der Waals surface area contributed by atoms with Gasteiger partial charge in [-0.2, -0.15) is 0 Å². The Morgan fingerprint density at radius 2 is 1.79 bits per heavy atom. The Hall–Kier alpha value is -1.27. The first-order valence-electron chi connectivity index (χ1n) is 6.00. The largest absolute Gasteiger partial charge is 0.573 e. The summed E-state index contributed by atoms with van der Waals surface area (Å²) in [5.74, 6) is 0.0386. The van der Waals surface area contributed by atoms with E-state index in [9.17, 15) is 13.2 Å². The van der Waals surface area contributed by atoms with E-state index in [-0.39, 0.29) is 24.3 Å². The third-order valence-corrected chi connectivity index (χ3v) is 2.73. The fourth-order valence-electron chi connectivity index (χ4n) is 1.57. The van der Waals surface area contributed by atoms with Gasteiger partial charge in [0.2, 0.25) is 0 Å². The Kier molecular flexibility index (Phi) is 5.62. The predicted octanol–water partition coefficient (Wildman–Crippen LogP) is 2.69. The molecule has 0 aliphatic rings. The zero-order valence-corrected chi connectivity index (χ0v) is 10.9. The quantitative estimate of drug-likeness (QED) is 0.840. The summed E-state index contributed by atoms with van der Waals surface area (Å²) < 4.78 is 39.7. The molecule has 0 radical (unpaired) electrons. The number of hydrogen-bond donors (Lipinski definition) is 2. The monoisotopic (exact) mass is 277 g/mol. The second-order valence-corrected chi connectivity index (χ2v) is 4.61. The van der Waals surface area contributed by atoms with Crippen LogP contribution in [0.5, 0.6) is 5.75 Å². The van der Waals surface area contributed by atoms with E-state index in [2.05, 4.69) is 10.1 Å². The van der Waals surface area contributed by atoms with Crippen molar-refractivity contribution >= 4 is 0 Å². The standard InChI is InChI=1S/C13H18F3NO2/c1-9(2)12(8-18)17-7-10-3-5-11(6-4-10)19-13(14,15)16/h3-6,9,12,17-18H,7-8H2,1-2H3. The molecule has 0 fully saturated rings. The minimum absolute atomic E-state index is 0.0208. The van der Waals surface area contributed by atoms with Crippen molar-refractivity contribution in [2.45, 2.75) is 32.8 Å². The zero-order chi connectivity index (χ0) is 14.5. The molecule has 1 aromatic carbocycles. The van der Waals surface area contributed by atoms with Crippen molar-refractivity contribution < 1.29 is 23.0 Å². The topological polar surface area (TPSA) is 41.5 Å². The molecule has 1 unspecified atom stereocenters. The van der Waals surface area contributed by atoms with Crippen molar-refractivity contribution in [3.63, 3.8) is 0 Å². The van der Waals surface area contributed by atoms with Gasteiger partial charge in [0.15, 0.2) is 0 Å². The summed E-state index contributed by atoms with van der Waals surface area (Å²) in [7, 11) is 0. The highest BCUT2D eigenvalue weighted by atomic mass is 19.4. The molecule has 6 heteroatoms. The number of rotatable bonds is 6. The number of aliphatic hydroxyl groups is 1. The summed E-state index contributed by atoms with van der Waals surface area (Å²) in [6.07, 6.45) is -4.67. The molecule has 0 amide bonds. The zero-order valence-electron chi connectivity index (χ0n) is 10.9. The first kappa shape index (κ1) is 15.8. The maximum atomic E-state index is 12.0.